The van der Waals surface area contributed by atoms with E-state index in [1.54, 1.807) is 4.90 Å². The molecule has 1 aromatic carbocycles. The van der Waals surface area contributed by atoms with E-state index in [4.69, 9.17) is 0 Å². The molecule has 1 atom stereocenters. The van der Waals surface area contributed by atoms with E-state index in [0.717, 1.165) is 18.5 Å². The van der Waals surface area contributed by atoms with Crippen molar-refractivity contribution in [3.05, 3.63) is 29.3 Å². The van der Waals surface area contributed by atoms with Gasteiger partial charge in [-0.2, -0.15) is 0 Å². The highest BCUT2D eigenvalue weighted by Gasteiger charge is 2.35. The van der Waals surface area contributed by atoms with Crippen molar-refractivity contribution in [1.82, 2.24) is 10.6 Å². The van der Waals surface area contributed by atoms with Gasteiger partial charge in [-0.25, -0.2) is 0 Å². The Labute approximate surface area is 141 Å². The lowest BCUT2D eigenvalue weighted by Crippen LogP contribution is -2.37. The van der Waals surface area contributed by atoms with Crippen LogP contribution in [0, 0.1) is 5.92 Å². The van der Waals surface area contributed by atoms with Crippen LogP contribution in [0.3, 0.4) is 0 Å². The maximum absolute atomic E-state index is 12.3. The van der Waals surface area contributed by atoms with E-state index in [2.05, 4.69) is 22.8 Å². The van der Waals surface area contributed by atoms with Gasteiger partial charge in [0.1, 0.15) is 0 Å². The Morgan fingerprint density at radius 2 is 1.92 bits per heavy atom. The van der Waals surface area contributed by atoms with Gasteiger partial charge in [-0.3, -0.25) is 14.4 Å². The van der Waals surface area contributed by atoms with Gasteiger partial charge in [0.2, 0.25) is 17.7 Å². The molecule has 1 fully saturated rings. The molecule has 0 saturated carbocycles. The minimum Gasteiger partial charge on any atom is -0.355 e. The van der Waals surface area contributed by atoms with E-state index >= 15 is 0 Å². The number of fused-ring (bicyclic) bond motifs is 1. The van der Waals surface area contributed by atoms with Crippen LogP contribution in [-0.4, -0.2) is 37.4 Å². The molecular formula is C18H23N3O3. The van der Waals surface area contributed by atoms with Crippen molar-refractivity contribution in [2.24, 2.45) is 5.92 Å². The van der Waals surface area contributed by atoms with Crippen molar-refractivity contribution in [1.29, 1.82) is 0 Å². The number of anilines is 1. The number of carbonyl (C=O) groups is 3. The second kappa shape index (κ2) is 7.03. The summed E-state index contributed by atoms with van der Waals surface area (Å²) in [5.41, 5.74) is 3.59. The van der Waals surface area contributed by atoms with Crippen molar-refractivity contribution >= 4 is 23.4 Å². The lowest BCUT2D eigenvalue weighted by molar-refractivity contribution is -0.126. The number of rotatable bonds is 5. The van der Waals surface area contributed by atoms with Crippen LogP contribution in [0.5, 0.6) is 0 Å². The molecule has 2 aliphatic rings. The van der Waals surface area contributed by atoms with Crippen molar-refractivity contribution in [2.45, 2.75) is 32.6 Å². The van der Waals surface area contributed by atoms with Crippen LogP contribution in [0.2, 0.25) is 0 Å². The highest BCUT2D eigenvalue weighted by Crippen LogP contribution is 2.30. The van der Waals surface area contributed by atoms with Gasteiger partial charge < -0.3 is 15.5 Å². The summed E-state index contributed by atoms with van der Waals surface area (Å²) in [5.74, 6) is -0.585. The first-order chi connectivity index (χ1) is 11.5. The zero-order chi connectivity index (χ0) is 17.1. The summed E-state index contributed by atoms with van der Waals surface area (Å²) in [6, 6.07) is 6.18. The minimum atomic E-state index is -0.330. The molecule has 3 rings (SSSR count). The summed E-state index contributed by atoms with van der Waals surface area (Å²) in [6.07, 6.45) is 3.59. The molecule has 24 heavy (non-hydrogen) atoms. The largest absolute Gasteiger partial charge is 0.355 e. The smallest absolute Gasteiger partial charge is 0.227 e. The zero-order valence-corrected chi connectivity index (χ0v) is 13.9. The fourth-order valence-electron chi connectivity index (χ4n) is 3.43. The number of aryl methyl sites for hydroxylation is 2. The zero-order valence-electron chi connectivity index (χ0n) is 13.9. The van der Waals surface area contributed by atoms with Crippen molar-refractivity contribution in [3.63, 3.8) is 0 Å². The molecule has 6 heteroatoms. The van der Waals surface area contributed by atoms with Crippen molar-refractivity contribution < 1.29 is 14.4 Å². The molecule has 0 aromatic heterocycles. The number of benzene rings is 1. The van der Waals surface area contributed by atoms with E-state index < -0.39 is 0 Å². The van der Waals surface area contributed by atoms with Gasteiger partial charge >= 0.3 is 0 Å². The first kappa shape index (κ1) is 16.5. The molecule has 1 aliphatic heterocycles. The van der Waals surface area contributed by atoms with Crippen molar-refractivity contribution in [3.8, 4) is 0 Å². The van der Waals surface area contributed by atoms with Crippen LogP contribution in [0.4, 0.5) is 5.69 Å². The Bertz CT molecular complexity index is 671. The Kier molecular flexibility index (Phi) is 4.83. The number of amides is 3. The van der Waals surface area contributed by atoms with E-state index in [9.17, 15) is 14.4 Å². The molecule has 0 spiro atoms. The van der Waals surface area contributed by atoms with Gasteiger partial charge in [-0.1, -0.05) is 6.07 Å². The number of hydrogen-bond acceptors (Lipinski definition) is 3. The monoisotopic (exact) mass is 329 g/mol. The lowest BCUT2D eigenvalue weighted by atomic mass is 10.1. The van der Waals surface area contributed by atoms with Gasteiger partial charge in [0.15, 0.2) is 0 Å². The molecule has 128 valence electrons. The van der Waals surface area contributed by atoms with Crippen LogP contribution in [0.15, 0.2) is 18.2 Å². The van der Waals surface area contributed by atoms with Gasteiger partial charge in [-0.05, 0) is 42.5 Å². The quantitative estimate of drug-likeness (QED) is 0.784. The Morgan fingerprint density at radius 3 is 2.71 bits per heavy atom. The third-order valence-corrected chi connectivity index (χ3v) is 4.69. The van der Waals surface area contributed by atoms with Crippen LogP contribution in [0.1, 0.15) is 30.9 Å². The van der Waals surface area contributed by atoms with E-state index in [-0.39, 0.29) is 30.1 Å². The predicted octanol–water partition coefficient (Wildman–Crippen LogP) is 0.780. The fourth-order valence-corrected chi connectivity index (χ4v) is 3.43. The van der Waals surface area contributed by atoms with Gasteiger partial charge in [0.25, 0.3) is 0 Å². The molecule has 6 nitrogen and oxygen atoms in total. The minimum absolute atomic E-state index is 0.00467. The van der Waals surface area contributed by atoms with Crippen LogP contribution in [-0.2, 0) is 27.2 Å². The SMILES string of the molecule is CC(=O)NCCNC(=O)[C@@H]1CC(=O)N(c2ccc3c(c2)CCC3)C1. The van der Waals surface area contributed by atoms with Crippen LogP contribution >= 0.6 is 0 Å². The highest BCUT2D eigenvalue weighted by molar-refractivity contribution is 6.00. The average molecular weight is 329 g/mol. The van der Waals surface area contributed by atoms with E-state index in [0.29, 0.717) is 19.6 Å². The van der Waals surface area contributed by atoms with Crippen LogP contribution in [0.25, 0.3) is 0 Å². The van der Waals surface area contributed by atoms with Gasteiger partial charge in [0.05, 0.1) is 5.92 Å². The molecule has 1 heterocycles. The Morgan fingerprint density at radius 1 is 1.17 bits per heavy atom. The topological polar surface area (TPSA) is 78.5 Å². The summed E-state index contributed by atoms with van der Waals surface area (Å²) < 4.78 is 0. The molecule has 0 unspecified atom stereocenters. The first-order valence-electron chi connectivity index (χ1n) is 8.49. The Hall–Kier alpha value is -2.37. The number of nitrogens with zero attached hydrogens (tertiary/aromatic N) is 1. The maximum atomic E-state index is 12.3. The Balaban J connectivity index is 1.57. The highest BCUT2D eigenvalue weighted by atomic mass is 16.2. The molecule has 1 saturated heterocycles. The summed E-state index contributed by atoms with van der Waals surface area (Å²) in [4.78, 5) is 37.0. The third kappa shape index (κ3) is 3.58. The van der Waals surface area contributed by atoms with Gasteiger partial charge in [-0.15, -0.1) is 0 Å². The number of nitrogens with one attached hydrogen (secondary N) is 2. The molecular weight excluding hydrogens is 306 g/mol. The molecule has 2 N–H and O–H groups in total. The number of carbonyl (C=O) groups excluding carboxylic acids is 3. The normalized spacial score (nSPS) is 19.3. The average Bonchev–Trinajstić information content (AvgIpc) is 3.16. The second-order valence-electron chi connectivity index (χ2n) is 6.49. The number of hydrogen-bond donors (Lipinski definition) is 2. The fraction of sp³-hybridized carbons (Fsp3) is 0.500. The van der Waals surface area contributed by atoms with E-state index in [1.807, 2.05) is 6.07 Å². The standard InChI is InChI=1S/C18H23N3O3/c1-12(22)19-7-8-20-18(24)15-10-17(23)21(11-15)16-6-5-13-3-2-4-14(13)9-16/h5-6,9,15H,2-4,7-8,10-11H2,1H3,(H,19,22)(H,20,24)/t15-/m1/s1. The summed E-state index contributed by atoms with van der Waals surface area (Å²) in [7, 11) is 0. The summed E-state index contributed by atoms with van der Waals surface area (Å²) >= 11 is 0. The first-order valence-corrected chi connectivity index (χ1v) is 8.49. The third-order valence-electron chi connectivity index (χ3n) is 4.69. The molecule has 3 amide bonds. The second-order valence-corrected chi connectivity index (χ2v) is 6.49. The van der Waals surface area contributed by atoms with E-state index in [1.165, 1.54) is 24.5 Å². The van der Waals surface area contributed by atoms with Gasteiger partial charge in [0, 0.05) is 38.7 Å². The molecule has 0 bridgehead atoms. The summed E-state index contributed by atoms with van der Waals surface area (Å²) in [6.45, 7) is 2.63. The van der Waals surface area contributed by atoms with Crippen LogP contribution < -0.4 is 15.5 Å². The molecule has 1 aromatic rings. The summed E-state index contributed by atoms with van der Waals surface area (Å²) in [5, 5.41) is 5.41. The van der Waals surface area contributed by atoms with Crippen molar-refractivity contribution in [2.75, 3.05) is 24.5 Å². The predicted molar refractivity (Wildman–Crippen MR) is 90.6 cm³/mol. The lowest BCUT2D eigenvalue weighted by Gasteiger charge is -2.18. The molecule has 0 radical (unpaired) electrons. The maximum Gasteiger partial charge on any atom is 0.227 e. The molecule has 1 aliphatic carbocycles.